The Morgan fingerprint density at radius 2 is 2.09 bits per heavy atom. The van der Waals surface area contributed by atoms with Crippen molar-refractivity contribution in [1.29, 1.82) is 0 Å². The molecule has 1 amide bonds. The molecule has 22 heavy (non-hydrogen) atoms. The van der Waals surface area contributed by atoms with Crippen molar-refractivity contribution in [2.75, 3.05) is 0 Å². The number of carbonyl (C=O) groups excluding carboxylic acids is 1. The number of hydrogen-bond acceptors (Lipinski definition) is 5. The molecule has 0 aliphatic heterocycles. The normalized spacial score (nSPS) is 11.0. The predicted octanol–water partition coefficient (Wildman–Crippen LogP) is 0.942. The maximum absolute atomic E-state index is 11.8. The minimum absolute atomic E-state index is 0.0717. The summed E-state index contributed by atoms with van der Waals surface area (Å²) in [7, 11) is 0. The number of nitrogens with zero attached hydrogens (tertiary/aromatic N) is 4. The number of imidazole rings is 1. The van der Waals surface area contributed by atoms with Crippen LogP contribution in [-0.4, -0.2) is 36.5 Å². The van der Waals surface area contributed by atoms with E-state index in [1.807, 2.05) is 0 Å². The molecule has 0 atom stereocenters. The molecule has 0 saturated heterocycles. The van der Waals surface area contributed by atoms with Gasteiger partial charge in [-0.15, -0.1) is 10.2 Å². The van der Waals surface area contributed by atoms with Crippen LogP contribution in [0.25, 0.3) is 11.0 Å². The summed E-state index contributed by atoms with van der Waals surface area (Å²) in [5.74, 6) is 1.20. The number of aryl methyl sites for hydroxylation is 3. The van der Waals surface area contributed by atoms with Gasteiger partial charge in [0.2, 0.25) is 5.91 Å². The lowest BCUT2D eigenvalue weighted by molar-refractivity contribution is -0.121. The van der Waals surface area contributed by atoms with Gasteiger partial charge < -0.3 is 10.3 Å². The maximum Gasteiger partial charge on any atom is 0.220 e. The Labute approximate surface area is 126 Å². The van der Waals surface area contributed by atoms with E-state index in [-0.39, 0.29) is 12.5 Å². The van der Waals surface area contributed by atoms with Crippen molar-refractivity contribution < 1.29 is 4.79 Å². The highest BCUT2D eigenvalue weighted by Gasteiger charge is 2.08. The van der Waals surface area contributed by atoms with Gasteiger partial charge in [-0.05, 0) is 37.1 Å². The minimum atomic E-state index is -0.0717. The second kappa shape index (κ2) is 5.92. The molecule has 2 aromatic heterocycles. The maximum atomic E-state index is 11.8. The largest absolute Gasteiger partial charge is 0.349 e. The van der Waals surface area contributed by atoms with E-state index in [4.69, 9.17) is 0 Å². The van der Waals surface area contributed by atoms with Crippen LogP contribution in [0.4, 0.5) is 0 Å². The molecule has 0 bridgehead atoms. The number of carbonyl (C=O) groups is 1. The van der Waals surface area contributed by atoms with Crippen molar-refractivity contribution in [3.05, 3.63) is 34.9 Å². The van der Waals surface area contributed by atoms with E-state index in [0.29, 0.717) is 18.7 Å². The highest BCUT2D eigenvalue weighted by molar-refractivity contribution is 5.78. The van der Waals surface area contributed by atoms with E-state index in [1.165, 1.54) is 11.1 Å². The smallest absolute Gasteiger partial charge is 0.220 e. The summed E-state index contributed by atoms with van der Waals surface area (Å²) in [5.41, 5.74) is 4.37. The molecule has 8 heteroatoms. The second-order valence-electron chi connectivity index (χ2n) is 5.24. The second-order valence-corrected chi connectivity index (χ2v) is 5.24. The average molecular weight is 299 g/mol. The summed E-state index contributed by atoms with van der Waals surface area (Å²) in [6.07, 6.45) is 0.917. The summed E-state index contributed by atoms with van der Waals surface area (Å²) >= 11 is 0. The molecule has 1 aromatic carbocycles. The van der Waals surface area contributed by atoms with Crippen LogP contribution >= 0.6 is 0 Å². The molecule has 0 radical (unpaired) electrons. The van der Waals surface area contributed by atoms with Crippen molar-refractivity contribution in [1.82, 2.24) is 35.9 Å². The number of benzene rings is 1. The molecule has 0 spiro atoms. The SMILES string of the molecule is Cc1cc2nc(CCC(=O)NCc3nn[nH]n3)[nH]c2cc1C. The fourth-order valence-corrected chi connectivity index (χ4v) is 2.20. The molecule has 3 N–H and O–H groups in total. The number of nitrogens with one attached hydrogen (secondary N) is 3. The van der Waals surface area contributed by atoms with E-state index in [9.17, 15) is 4.79 Å². The van der Waals surface area contributed by atoms with Crippen molar-refractivity contribution in [3.63, 3.8) is 0 Å². The molecular formula is C14H17N7O. The van der Waals surface area contributed by atoms with Gasteiger partial charge in [-0.2, -0.15) is 5.21 Å². The van der Waals surface area contributed by atoms with E-state index in [0.717, 1.165) is 16.9 Å². The Morgan fingerprint density at radius 3 is 2.86 bits per heavy atom. The number of rotatable bonds is 5. The van der Waals surface area contributed by atoms with Gasteiger partial charge in [0.25, 0.3) is 0 Å². The van der Waals surface area contributed by atoms with Gasteiger partial charge in [0.05, 0.1) is 17.6 Å². The standard InChI is InChI=1S/C14H17N7O/c1-8-5-10-11(6-9(8)2)17-12(16-10)3-4-14(22)15-7-13-18-20-21-19-13/h5-6H,3-4,7H2,1-2H3,(H,15,22)(H,16,17)(H,18,19,20,21). The number of amides is 1. The van der Waals surface area contributed by atoms with Gasteiger partial charge in [-0.1, -0.05) is 5.21 Å². The number of aromatic amines is 2. The van der Waals surface area contributed by atoms with Gasteiger partial charge in [-0.25, -0.2) is 4.98 Å². The third kappa shape index (κ3) is 3.11. The molecule has 2 heterocycles. The monoisotopic (exact) mass is 299 g/mol. The van der Waals surface area contributed by atoms with E-state index in [1.54, 1.807) is 0 Å². The van der Waals surface area contributed by atoms with Crippen LogP contribution in [0.5, 0.6) is 0 Å². The minimum Gasteiger partial charge on any atom is -0.349 e. The Balaban J connectivity index is 1.58. The number of aromatic nitrogens is 6. The first-order chi connectivity index (χ1) is 10.6. The van der Waals surface area contributed by atoms with Crippen molar-refractivity contribution in [2.45, 2.75) is 33.2 Å². The molecule has 0 aliphatic carbocycles. The predicted molar refractivity (Wildman–Crippen MR) is 79.9 cm³/mol. The van der Waals surface area contributed by atoms with Crippen LogP contribution in [-0.2, 0) is 17.8 Å². The van der Waals surface area contributed by atoms with Gasteiger partial charge >= 0.3 is 0 Å². The Bertz CT molecular complexity index is 752. The highest BCUT2D eigenvalue weighted by atomic mass is 16.1. The Hall–Kier alpha value is -2.77. The summed E-state index contributed by atoms with van der Waals surface area (Å²) in [6, 6.07) is 4.14. The van der Waals surface area contributed by atoms with Crippen molar-refractivity contribution >= 4 is 16.9 Å². The van der Waals surface area contributed by atoms with E-state index in [2.05, 4.69) is 61.9 Å². The topological polar surface area (TPSA) is 112 Å². The molecule has 0 saturated carbocycles. The van der Waals surface area contributed by atoms with E-state index < -0.39 is 0 Å². The zero-order valence-corrected chi connectivity index (χ0v) is 12.5. The summed E-state index contributed by atoms with van der Waals surface area (Å²) in [6.45, 7) is 4.41. The van der Waals surface area contributed by atoms with Gasteiger partial charge in [0.15, 0.2) is 5.82 Å². The quantitative estimate of drug-likeness (QED) is 0.649. The number of hydrogen-bond donors (Lipinski definition) is 3. The van der Waals surface area contributed by atoms with Crippen molar-refractivity contribution in [2.24, 2.45) is 0 Å². The van der Waals surface area contributed by atoms with Gasteiger partial charge in [-0.3, -0.25) is 4.79 Å². The zero-order valence-electron chi connectivity index (χ0n) is 12.5. The fourth-order valence-electron chi connectivity index (χ4n) is 2.20. The Kier molecular flexibility index (Phi) is 3.82. The fraction of sp³-hybridized carbons (Fsp3) is 0.357. The summed E-state index contributed by atoms with van der Waals surface area (Å²) in [5, 5.41) is 16.1. The van der Waals surface area contributed by atoms with Crippen molar-refractivity contribution in [3.8, 4) is 0 Å². The third-order valence-corrected chi connectivity index (χ3v) is 3.57. The lowest BCUT2D eigenvalue weighted by Crippen LogP contribution is -2.23. The lowest BCUT2D eigenvalue weighted by atomic mass is 10.1. The summed E-state index contributed by atoms with van der Waals surface area (Å²) < 4.78 is 0. The average Bonchev–Trinajstić information content (AvgIpc) is 3.13. The molecule has 0 fully saturated rings. The molecule has 3 rings (SSSR count). The molecule has 114 valence electrons. The van der Waals surface area contributed by atoms with Gasteiger partial charge in [0, 0.05) is 12.8 Å². The van der Waals surface area contributed by atoms with Crippen LogP contribution in [0.2, 0.25) is 0 Å². The van der Waals surface area contributed by atoms with Crippen LogP contribution in [0, 0.1) is 13.8 Å². The molecular weight excluding hydrogens is 282 g/mol. The molecule has 3 aromatic rings. The first-order valence-electron chi connectivity index (χ1n) is 7.06. The highest BCUT2D eigenvalue weighted by Crippen LogP contribution is 2.17. The van der Waals surface area contributed by atoms with Crippen LogP contribution in [0.1, 0.15) is 29.2 Å². The molecule has 0 unspecified atom stereocenters. The van der Waals surface area contributed by atoms with Gasteiger partial charge in [0.1, 0.15) is 5.82 Å². The number of H-pyrrole nitrogens is 2. The van der Waals surface area contributed by atoms with Crippen LogP contribution < -0.4 is 5.32 Å². The first-order valence-corrected chi connectivity index (χ1v) is 7.06. The molecule has 0 aliphatic rings. The number of fused-ring (bicyclic) bond motifs is 1. The van der Waals surface area contributed by atoms with Crippen LogP contribution in [0.3, 0.4) is 0 Å². The third-order valence-electron chi connectivity index (χ3n) is 3.57. The Morgan fingerprint density at radius 1 is 1.27 bits per heavy atom. The molecule has 8 nitrogen and oxygen atoms in total. The van der Waals surface area contributed by atoms with E-state index >= 15 is 0 Å². The summed E-state index contributed by atoms with van der Waals surface area (Å²) in [4.78, 5) is 19.6. The lowest BCUT2D eigenvalue weighted by Gasteiger charge is -2.00. The van der Waals surface area contributed by atoms with Crippen LogP contribution in [0.15, 0.2) is 12.1 Å². The first kappa shape index (κ1) is 14.2. The number of tetrazole rings is 1. The zero-order chi connectivity index (χ0) is 15.5.